The zero-order valence-corrected chi connectivity index (χ0v) is 7.86. The maximum absolute atomic E-state index is 9.29. The normalized spacial score (nSPS) is 10.7. The molecule has 7 nitrogen and oxygen atoms in total. The third-order valence-electron chi connectivity index (χ3n) is 2.19. The number of pyridine rings is 1. The smallest absolute Gasteiger partial charge is 0.213 e. The summed E-state index contributed by atoms with van der Waals surface area (Å²) in [6.07, 6.45) is 2.80. The molecule has 3 aromatic rings. The Bertz CT molecular complexity index is 741. The maximum Gasteiger partial charge on any atom is 0.213 e. The van der Waals surface area contributed by atoms with Crippen LogP contribution in [0.25, 0.3) is 16.7 Å². The van der Waals surface area contributed by atoms with E-state index in [1.807, 2.05) is 6.07 Å². The summed E-state index contributed by atoms with van der Waals surface area (Å²) in [6.45, 7) is 0. The first-order valence-corrected chi connectivity index (χ1v) is 4.39. The number of nitriles is 1. The quantitative estimate of drug-likeness (QED) is 0.573. The lowest BCUT2D eigenvalue weighted by molar-refractivity contribution is 0.454. The summed E-state index contributed by atoms with van der Waals surface area (Å²) in [5.74, 6) is -0.129. The predicted molar refractivity (Wildman–Crippen MR) is 52.5 cm³/mol. The van der Waals surface area contributed by atoms with Crippen molar-refractivity contribution in [1.29, 1.82) is 5.26 Å². The van der Waals surface area contributed by atoms with Crippen molar-refractivity contribution in [2.45, 2.75) is 0 Å². The van der Waals surface area contributed by atoms with Crippen LogP contribution in [0.4, 0.5) is 0 Å². The third kappa shape index (κ3) is 1.01. The van der Waals surface area contributed by atoms with Gasteiger partial charge in [0.2, 0.25) is 5.88 Å². The molecule has 0 unspecified atom stereocenters. The Hall–Kier alpha value is -2.75. The van der Waals surface area contributed by atoms with Gasteiger partial charge in [0.15, 0.2) is 5.65 Å². The van der Waals surface area contributed by atoms with Gasteiger partial charge in [0.05, 0.1) is 12.4 Å². The van der Waals surface area contributed by atoms with E-state index in [0.29, 0.717) is 22.2 Å². The second-order valence-electron chi connectivity index (χ2n) is 3.14. The topological polar surface area (TPSA) is 100.0 Å². The average Bonchev–Trinajstić information content (AvgIpc) is 2.72. The van der Waals surface area contributed by atoms with Crippen LogP contribution in [0.5, 0.6) is 5.88 Å². The van der Waals surface area contributed by atoms with E-state index >= 15 is 0 Å². The molecule has 0 aliphatic heterocycles. The van der Waals surface area contributed by atoms with Crippen LogP contribution in [0.3, 0.4) is 0 Å². The molecule has 16 heavy (non-hydrogen) atoms. The first-order chi connectivity index (χ1) is 7.79. The van der Waals surface area contributed by atoms with Gasteiger partial charge < -0.3 is 5.11 Å². The molecule has 3 heterocycles. The number of aromatic nitrogens is 5. The second kappa shape index (κ2) is 2.87. The molecule has 0 aliphatic carbocycles. The zero-order valence-electron chi connectivity index (χ0n) is 7.86. The SMILES string of the molecule is N#Cc1cnn2c1nnc1cnc(O)cc12. The lowest BCUT2D eigenvalue weighted by atomic mass is 10.3. The minimum absolute atomic E-state index is 0.129. The fraction of sp³-hybridized carbons (Fsp3) is 0. The fourth-order valence-corrected chi connectivity index (χ4v) is 1.47. The molecular formula is C9H4N6O. The largest absolute Gasteiger partial charge is 0.493 e. The van der Waals surface area contributed by atoms with Crippen molar-refractivity contribution >= 4 is 16.7 Å². The van der Waals surface area contributed by atoms with Gasteiger partial charge in [0.1, 0.15) is 22.7 Å². The molecule has 0 saturated carbocycles. The van der Waals surface area contributed by atoms with Gasteiger partial charge in [0.25, 0.3) is 0 Å². The van der Waals surface area contributed by atoms with Crippen molar-refractivity contribution in [1.82, 2.24) is 24.8 Å². The predicted octanol–water partition coefficient (Wildman–Crippen LogP) is 0.250. The summed E-state index contributed by atoms with van der Waals surface area (Å²) in [7, 11) is 0. The van der Waals surface area contributed by atoms with E-state index in [-0.39, 0.29) is 5.88 Å². The lowest BCUT2D eigenvalue weighted by Crippen LogP contribution is -1.97. The molecule has 0 bridgehead atoms. The summed E-state index contributed by atoms with van der Waals surface area (Å²) < 4.78 is 1.45. The van der Waals surface area contributed by atoms with Crippen LogP contribution in [0.2, 0.25) is 0 Å². The van der Waals surface area contributed by atoms with Gasteiger partial charge in [0, 0.05) is 6.07 Å². The molecule has 3 rings (SSSR count). The van der Waals surface area contributed by atoms with E-state index in [1.54, 1.807) is 0 Å². The number of nitrogens with zero attached hydrogens (tertiary/aromatic N) is 6. The highest BCUT2D eigenvalue weighted by molar-refractivity contribution is 5.77. The first kappa shape index (κ1) is 8.55. The standard InChI is InChI=1S/C9H4N6O/c10-2-5-3-12-15-7-1-8(16)11-4-6(7)13-14-9(5)15/h1,3-4H,(H,11,16). The fourth-order valence-electron chi connectivity index (χ4n) is 1.47. The van der Waals surface area contributed by atoms with Gasteiger partial charge in [-0.15, -0.1) is 10.2 Å². The Morgan fingerprint density at radius 2 is 2.19 bits per heavy atom. The zero-order chi connectivity index (χ0) is 11.1. The van der Waals surface area contributed by atoms with E-state index in [4.69, 9.17) is 5.26 Å². The van der Waals surface area contributed by atoms with Gasteiger partial charge >= 0.3 is 0 Å². The molecular weight excluding hydrogens is 208 g/mol. The van der Waals surface area contributed by atoms with Gasteiger partial charge in [-0.05, 0) is 0 Å². The monoisotopic (exact) mass is 212 g/mol. The molecule has 0 saturated heterocycles. The number of hydrogen-bond donors (Lipinski definition) is 1. The van der Waals surface area contributed by atoms with Gasteiger partial charge in [-0.2, -0.15) is 10.4 Å². The van der Waals surface area contributed by atoms with Crippen molar-refractivity contribution in [3.05, 3.63) is 24.0 Å². The van der Waals surface area contributed by atoms with Gasteiger partial charge in [-0.3, -0.25) is 0 Å². The van der Waals surface area contributed by atoms with Crippen LogP contribution in [0, 0.1) is 11.3 Å². The van der Waals surface area contributed by atoms with Crippen molar-refractivity contribution in [3.8, 4) is 11.9 Å². The molecule has 0 fully saturated rings. The Balaban J connectivity index is 2.54. The highest BCUT2D eigenvalue weighted by Gasteiger charge is 2.09. The molecule has 0 amide bonds. The summed E-state index contributed by atoms with van der Waals surface area (Å²) >= 11 is 0. The molecule has 0 spiro atoms. The Labute approximate surface area is 88.6 Å². The number of fused-ring (bicyclic) bond motifs is 3. The summed E-state index contributed by atoms with van der Waals surface area (Å²) in [5, 5.41) is 29.9. The van der Waals surface area contributed by atoms with E-state index in [1.165, 1.54) is 23.0 Å². The van der Waals surface area contributed by atoms with E-state index in [0.717, 1.165) is 0 Å². The van der Waals surface area contributed by atoms with E-state index in [9.17, 15) is 5.11 Å². The maximum atomic E-state index is 9.29. The summed E-state index contributed by atoms with van der Waals surface area (Å²) in [4.78, 5) is 3.69. The van der Waals surface area contributed by atoms with Gasteiger partial charge in [-0.25, -0.2) is 9.50 Å². The van der Waals surface area contributed by atoms with Crippen molar-refractivity contribution in [2.24, 2.45) is 0 Å². The molecule has 0 aliphatic rings. The third-order valence-corrected chi connectivity index (χ3v) is 2.19. The molecule has 0 atom stereocenters. The molecule has 0 radical (unpaired) electrons. The van der Waals surface area contributed by atoms with Crippen LogP contribution in [-0.4, -0.2) is 29.9 Å². The summed E-state index contributed by atoms with van der Waals surface area (Å²) in [6, 6.07) is 3.39. The Morgan fingerprint density at radius 3 is 3.00 bits per heavy atom. The first-order valence-electron chi connectivity index (χ1n) is 4.39. The minimum Gasteiger partial charge on any atom is -0.493 e. The van der Waals surface area contributed by atoms with Crippen LogP contribution in [0.1, 0.15) is 5.56 Å². The number of rotatable bonds is 0. The molecule has 76 valence electrons. The summed E-state index contributed by atoms with van der Waals surface area (Å²) in [5.41, 5.74) is 1.75. The Morgan fingerprint density at radius 1 is 1.31 bits per heavy atom. The van der Waals surface area contributed by atoms with Gasteiger partial charge in [-0.1, -0.05) is 0 Å². The highest BCUT2D eigenvalue weighted by atomic mass is 16.3. The number of aromatic hydroxyl groups is 1. The minimum atomic E-state index is -0.129. The second-order valence-corrected chi connectivity index (χ2v) is 3.14. The molecule has 3 aromatic heterocycles. The van der Waals surface area contributed by atoms with Crippen molar-refractivity contribution < 1.29 is 5.11 Å². The Kier molecular flexibility index (Phi) is 1.53. The molecule has 1 N–H and O–H groups in total. The lowest BCUT2D eigenvalue weighted by Gasteiger charge is -1.99. The highest BCUT2D eigenvalue weighted by Crippen LogP contribution is 2.16. The van der Waals surface area contributed by atoms with Crippen molar-refractivity contribution in [3.63, 3.8) is 0 Å². The van der Waals surface area contributed by atoms with Crippen LogP contribution in [0.15, 0.2) is 18.5 Å². The molecule has 7 heteroatoms. The van der Waals surface area contributed by atoms with Crippen molar-refractivity contribution in [2.75, 3.05) is 0 Å². The van der Waals surface area contributed by atoms with Crippen LogP contribution >= 0.6 is 0 Å². The van der Waals surface area contributed by atoms with Crippen LogP contribution < -0.4 is 0 Å². The average molecular weight is 212 g/mol. The van der Waals surface area contributed by atoms with E-state index < -0.39 is 0 Å². The molecule has 0 aromatic carbocycles. The van der Waals surface area contributed by atoms with Crippen LogP contribution in [-0.2, 0) is 0 Å². The number of hydrogen-bond acceptors (Lipinski definition) is 6. The van der Waals surface area contributed by atoms with E-state index in [2.05, 4.69) is 20.3 Å².